The molecular formula is C15H12ClN3O. The van der Waals surface area contributed by atoms with Crippen LogP contribution in [0.5, 0.6) is 0 Å². The molecule has 0 unspecified atom stereocenters. The Bertz CT molecular complexity index is 722. The maximum atomic E-state index is 6.11. The smallest absolute Gasteiger partial charge is 0.231 e. The lowest BCUT2D eigenvalue weighted by atomic mass is 10.1. The molecule has 0 atom stereocenters. The Balaban J connectivity index is 1.84. The average Bonchev–Trinajstić information content (AvgIpc) is 2.90. The van der Waals surface area contributed by atoms with Crippen LogP contribution >= 0.6 is 11.6 Å². The number of halogens is 1. The molecule has 0 bridgehead atoms. The number of rotatable bonds is 3. The fraction of sp³-hybridized carbons (Fsp3) is 0.0667. The lowest BCUT2D eigenvalue weighted by molar-refractivity contribution is 0.385. The highest BCUT2D eigenvalue weighted by atomic mass is 35.5. The second kappa shape index (κ2) is 5.35. The lowest BCUT2D eigenvalue weighted by Crippen LogP contribution is -1.90. The van der Waals surface area contributed by atoms with Crippen LogP contribution in [0.4, 0.5) is 5.69 Å². The minimum Gasteiger partial charge on any atom is -0.399 e. The van der Waals surface area contributed by atoms with Crippen LogP contribution in [-0.2, 0) is 6.42 Å². The van der Waals surface area contributed by atoms with Gasteiger partial charge in [0.15, 0.2) is 0 Å². The zero-order valence-corrected chi connectivity index (χ0v) is 11.3. The summed E-state index contributed by atoms with van der Waals surface area (Å²) in [5.41, 5.74) is 8.21. The third-order valence-electron chi connectivity index (χ3n) is 2.92. The van der Waals surface area contributed by atoms with Crippen LogP contribution in [0.2, 0.25) is 5.02 Å². The summed E-state index contributed by atoms with van der Waals surface area (Å²) in [7, 11) is 0. The predicted molar refractivity (Wildman–Crippen MR) is 78.4 cm³/mol. The van der Waals surface area contributed by atoms with Crippen molar-refractivity contribution in [2.45, 2.75) is 6.42 Å². The summed E-state index contributed by atoms with van der Waals surface area (Å²) in [6.45, 7) is 0. The number of hydrogen-bond acceptors (Lipinski definition) is 4. The highest BCUT2D eigenvalue weighted by molar-refractivity contribution is 6.33. The number of benzene rings is 2. The summed E-state index contributed by atoms with van der Waals surface area (Å²) in [5, 5.41) is 4.57. The summed E-state index contributed by atoms with van der Waals surface area (Å²) < 4.78 is 5.26. The number of nitrogen functional groups attached to an aromatic ring is 1. The first-order valence-corrected chi connectivity index (χ1v) is 6.52. The molecule has 0 aliphatic carbocycles. The van der Waals surface area contributed by atoms with Gasteiger partial charge in [-0.05, 0) is 29.8 Å². The van der Waals surface area contributed by atoms with Crippen molar-refractivity contribution in [2.24, 2.45) is 0 Å². The van der Waals surface area contributed by atoms with Gasteiger partial charge in [0.2, 0.25) is 11.7 Å². The van der Waals surface area contributed by atoms with Gasteiger partial charge >= 0.3 is 0 Å². The molecule has 0 saturated heterocycles. The van der Waals surface area contributed by atoms with Gasteiger partial charge in [0.1, 0.15) is 0 Å². The van der Waals surface area contributed by atoms with Crippen LogP contribution in [0.15, 0.2) is 53.1 Å². The first-order valence-electron chi connectivity index (χ1n) is 6.14. The number of anilines is 1. The van der Waals surface area contributed by atoms with Gasteiger partial charge in [-0.1, -0.05) is 41.0 Å². The fourth-order valence-electron chi connectivity index (χ4n) is 1.89. The van der Waals surface area contributed by atoms with E-state index >= 15 is 0 Å². The standard InChI is InChI=1S/C15H12ClN3O/c16-13-4-2-1-3-12(13)15-18-14(20-19-15)9-10-5-7-11(17)8-6-10/h1-8H,9,17H2. The molecule has 3 rings (SSSR count). The number of hydrogen-bond donors (Lipinski definition) is 1. The quantitative estimate of drug-likeness (QED) is 0.747. The summed E-state index contributed by atoms with van der Waals surface area (Å²) in [4.78, 5) is 4.37. The first kappa shape index (κ1) is 12.7. The second-order valence-corrected chi connectivity index (χ2v) is 4.82. The maximum Gasteiger partial charge on any atom is 0.231 e. The van der Waals surface area contributed by atoms with E-state index in [1.54, 1.807) is 6.07 Å². The summed E-state index contributed by atoms with van der Waals surface area (Å²) in [6, 6.07) is 15.0. The van der Waals surface area contributed by atoms with Crippen molar-refractivity contribution in [2.75, 3.05) is 5.73 Å². The molecule has 0 saturated carbocycles. The van der Waals surface area contributed by atoms with Gasteiger partial charge in [0.25, 0.3) is 0 Å². The Morgan fingerprint density at radius 1 is 1.05 bits per heavy atom. The molecule has 0 amide bonds. The SMILES string of the molecule is Nc1ccc(Cc2nc(-c3ccccc3Cl)no2)cc1. The lowest BCUT2D eigenvalue weighted by Gasteiger charge is -1.97. The monoisotopic (exact) mass is 285 g/mol. The molecule has 2 N–H and O–H groups in total. The van der Waals surface area contributed by atoms with E-state index in [1.807, 2.05) is 42.5 Å². The van der Waals surface area contributed by atoms with Crippen molar-refractivity contribution >= 4 is 17.3 Å². The van der Waals surface area contributed by atoms with Crippen molar-refractivity contribution in [3.63, 3.8) is 0 Å². The first-order chi connectivity index (χ1) is 9.72. The van der Waals surface area contributed by atoms with Crippen molar-refractivity contribution in [3.05, 3.63) is 65.0 Å². The van der Waals surface area contributed by atoms with Gasteiger partial charge in [-0.2, -0.15) is 4.98 Å². The normalized spacial score (nSPS) is 10.7. The summed E-state index contributed by atoms with van der Waals surface area (Å²) in [5.74, 6) is 1.05. The van der Waals surface area contributed by atoms with Gasteiger partial charge in [-0.15, -0.1) is 0 Å². The molecule has 0 aliphatic heterocycles. The molecule has 1 aromatic heterocycles. The molecule has 0 radical (unpaired) electrons. The van der Waals surface area contributed by atoms with Gasteiger partial charge in [-0.25, -0.2) is 0 Å². The molecule has 0 spiro atoms. The molecule has 3 aromatic rings. The van der Waals surface area contributed by atoms with E-state index in [1.165, 1.54) is 0 Å². The Kier molecular flexibility index (Phi) is 3.39. The molecule has 0 fully saturated rings. The maximum absolute atomic E-state index is 6.11. The van der Waals surface area contributed by atoms with Crippen molar-refractivity contribution in [1.29, 1.82) is 0 Å². The topological polar surface area (TPSA) is 64.9 Å². The molecule has 4 nitrogen and oxygen atoms in total. The zero-order valence-electron chi connectivity index (χ0n) is 10.6. The van der Waals surface area contributed by atoms with Crippen molar-refractivity contribution in [3.8, 4) is 11.4 Å². The van der Waals surface area contributed by atoms with Crippen LogP contribution in [0.25, 0.3) is 11.4 Å². The van der Waals surface area contributed by atoms with Gasteiger partial charge < -0.3 is 10.3 Å². The minimum atomic E-state index is 0.501. The molecule has 2 aromatic carbocycles. The average molecular weight is 286 g/mol. The Labute approximate surface area is 121 Å². The Hall–Kier alpha value is -2.33. The number of aromatic nitrogens is 2. The number of nitrogens with two attached hydrogens (primary N) is 1. The van der Waals surface area contributed by atoms with Crippen LogP contribution in [-0.4, -0.2) is 10.1 Å². The van der Waals surface area contributed by atoms with Gasteiger partial charge in [0, 0.05) is 11.3 Å². The van der Waals surface area contributed by atoms with E-state index in [0.29, 0.717) is 23.2 Å². The highest BCUT2D eigenvalue weighted by Crippen LogP contribution is 2.25. The zero-order chi connectivity index (χ0) is 13.9. The molecule has 20 heavy (non-hydrogen) atoms. The van der Waals surface area contributed by atoms with Crippen molar-refractivity contribution in [1.82, 2.24) is 10.1 Å². The van der Waals surface area contributed by atoms with E-state index < -0.39 is 0 Å². The molecule has 100 valence electrons. The van der Waals surface area contributed by atoms with Crippen LogP contribution in [0, 0.1) is 0 Å². The Morgan fingerprint density at radius 2 is 1.80 bits per heavy atom. The number of nitrogens with zero attached hydrogens (tertiary/aromatic N) is 2. The molecule has 5 heteroatoms. The van der Waals surface area contributed by atoms with Crippen LogP contribution in [0.1, 0.15) is 11.5 Å². The Morgan fingerprint density at radius 3 is 2.55 bits per heavy atom. The van der Waals surface area contributed by atoms with Crippen LogP contribution in [0.3, 0.4) is 0 Å². The highest BCUT2D eigenvalue weighted by Gasteiger charge is 2.11. The summed E-state index contributed by atoms with van der Waals surface area (Å²) in [6.07, 6.45) is 0.567. The van der Waals surface area contributed by atoms with Crippen LogP contribution < -0.4 is 5.73 Å². The minimum absolute atomic E-state index is 0.501. The van der Waals surface area contributed by atoms with E-state index in [9.17, 15) is 0 Å². The van der Waals surface area contributed by atoms with E-state index in [4.69, 9.17) is 21.9 Å². The van der Waals surface area contributed by atoms with Crippen molar-refractivity contribution < 1.29 is 4.52 Å². The van der Waals surface area contributed by atoms with Gasteiger partial charge in [-0.3, -0.25) is 0 Å². The molecule has 0 aliphatic rings. The molecular weight excluding hydrogens is 274 g/mol. The summed E-state index contributed by atoms with van der Waals surface area (Å²) >= 11 is 6.11. The van der Waals surface area contributed by atoms with E-state index in [0.717, 1.165) is 16.8 Å². The largest absolute Gasteiger partial charge is 0.399 e. The third kappa shape index (κ3) is 2.65. The second-order valence-electron chi connectivity index (χ2n) is 4.41. The predicted octanol–water partition coefficient (Wildman–Crippen LogP) is 3.56. The van der Waals surface area contributed by atoms with E-state index in [2.05, 4.69) is 10.1 Å². The third-order valence-corrected chi connectivity index (χ3v) is 3.25. The van der Waals surface area contributed by atoms with Gasteiger partial charge in [0.05, 0.1) is 11.4 Å². The van der Waals surface area contributed by atoms with E-state index in [-0.39, 0.29) is 0 Å². The molecule has 1 heterocycles. The fourth-order valence-corrected chi connectivity index (χ4v) is 2.11.